The minimum absolute atomic E-state index is 0. The van der Waals surface area contributed by atoms with Gasteiger partial charge in [-0.1, -0.05) is 156 Å². The number of Topliss-reactive ketones (excluding diaryl/α,β-unsaturated/α-hetero) is 1. The second kappa shape index (κ2) is 59.8. The molecule has 1 aliphatic heterocycles. The summed E-state index contributed by atoms with van der Waals surface area (Å²) in [7, 11) is 14.9. The summed E-state index contributed by atoms with van der Waals surface area (Å²) in [5.74, 6) is 0.235. The molecule has 3 amide bonds. The molecule has 6 heterocycles. The van der Waals surface area contributed by atoms with Crippen LogP contribution in [0.1, 0.15) is 83.3 Å². The molecule has 5 aromatic heterocycles. The molecule has 0 unspecified atom stereocenters. The number of nitrogen functional groups attached to an aromatic ring is 2. The van der Waals surface area contributed by atoms with Gasteiger partial charge in [0.25, 0.3) is 35.6 Å². The van der Waals surface area contributed by atoms with Crippen LogP contribution in [0.5, 0.6) is 5.75 Å². The van der Waals surface area contributed by atoms with E-state index >= 15 is 0 Å². The maximum atomic E-state index is 12.2. The van der Waals surface area contributed by atoms with Gasteiger partial charge in [0.05, 0.1) is 115 Å². The molecule has 14 aromatic rings. The van der Waals surface area contributed by atoms with Crippen LogP contribution in [-0.4, -0.2) is 153 Å². The summed E-state index contributed by atoms with van der Waals surface area (Å²) >= 11 is 40.8. The van der Waals surface area contributed by atoms with Crippen molar-refractivity contribution in [3.63, 3.8) is 0 Å². The minimum atomic E-state index is -0.635. The summed E-state index contributed by atoms with van der Waals surface area (Å²) in [6.45, 7) is 5.31. The molecule has 10 N–H and O–H groups in total. The zero-order chi connectivity index (χ0) is 103. The number of amides is 3. The number of non-ortho nitro benzene ring substituents is 2. The molecule has 15 rings (SSSR count). The van der Waals surface area contributed by atoms with E-state index in [2.05, 4.69) is 85.8 Å². The van der Waals surface area contributed by atoms with Gasteiger partial charge in [-0.25, -0.2) is 39.3 Å². The van der Waals surface area contributed by atoms with E-state index in [9.17, 15) is 58.6 Å². The van der Waals surface area contributed by atoms with Crippen LogP contribution in [0.25, 0.3) is 10.9 Å². The topological polar surface area (TPSA) is 546 Å². The number of ketones is 1. The Morgan fingerprint density at radius 2 is 0.965 bits per heavy atom. The van der Waals surface area contributed by atoms with Crippen molar-refractivity contribution in [2.24, 2.45) is 7.05 Å². The van der Waals surface area contributed by atoms with Crippen molar-refractivity contribution in [3.8, 4) is 5.75 Å². The number of nitro benzene ring substituents is 2. The summed E-state index contributed by atoms with van der Waals surface area (Å²) in [4.78, 5) is 161. The van der Waals surface area contributed by atoms with Crippen molar-refractivity contribution in [2.45, 2.75) is 33.6 Å². The third-order valence-corrected chi connectivity index (χ3v) is 21.0. The van der Waals surface area contributed by atoms with Crippen LogP contribution in [0.15, 0.2) is 239 Å². The molecule has 0 radical (unpaired) electrons. The number of anilines is 13. The third-order valence-electron chi connectivity index (χ3n) is 19.2. The summed E-state index contributed by atoms with van der Waals surface area (Å²) in [5.41, 5.74) is 21.4. The molecule has 0 aliphatic carbocycles. The van der Waals surface area contributed by atoms with Gasteiger partial charge < -0.3 is 83.5 Å². The molecule has 1 aliphatic rings. The molecule has 40 nitrogen and oxygen atoms in total. The van der Waals surface area contributed by atoms with E-state index in [4.69, 9.17) is 107 Å². The normalized spacial score (nSPS) is 10.3. The fraction of sp³-hybridized carbons (Fsp3) is 0.151. The molecule has 142 heavy (non-hydrogen) atoms. The maximum Gasteiger partial charge on any atom is 1.00 e. The van der Waals surface area contributed by atoms with Gasteiger partial charge in [0, 0.05) is 110 Å². The number of methoxy groups -OCH3 is 1. The number of nitrogens with zero attached hydrogens (tertiary/aromatic N) is 14. The number of ether oxygens (including phenoxy) is 2. The minimum Gasteiger partial charge on any atom is -1.00 e. The fourth-order valence-corrected chi connectivity index (χ4v) is 13.3. The van der Waals surface area contributed by atoms with Crippen molar-refractivity contribution in [1.82, 2.24) is 60.4 Å². The molecule has 730 valence electrons. The summed E-state index contributed by atoms with van der Waals surface area (Å²) in [6, 6.07) is 56.8. The number of nitrogens with two attached hydrogens (primary N) is 2. The third kappa shape index (κ3) is 34.8. The number of aryl methyl sites for hydroxylation is 3. The Balaban J connectivity index is 0.000000349. The number of hydrogen-bond donors (Lipinski definition) is 8. The van der Waals surface area contributed by atoms with E-state index < -0.39 is 33.2 Å². The van der Waals surface area contributed by atoms with E-state index in [-0.39, 0.29) is 179 Å². The molecule has 0 atom stereocenters. The SMILES string of the molecule is CCC(=O)c1ccccc1NC.CNC(=O)c1ccccc1N(C)c1nc(Cl)ncc1Cl.CNC(=O)c1ccccc1N(C)c1nc(Nc2cc(N)ccc2OC)ncc1Cl.CNC(=O)c1ccccc1N(C)c1nc(Nc2cc([N+](=O)[O-])ccc2C)ncc1Cl.Cc1ccc([N+](=O)[O-])cc1N.Clc1ncc(Cl)c(Cl)n1.Cn1c(=O)oc(=O)c2ccccc21.O=C1Cc2ccccc2C(=O)O1.O=CO[O-].[H-].[K+].[K+]. The van der Waals surface area contributed by atoms with Gasteiger partial charge in [-0.05, 0) is 139 Å². The average Bonchev–Trinajstić information content (AvgIpc) is 0.806. The Hall–Kier alpha value is -12.8. The number of esters is 2. The molecular weight excluding hydrogens is 2040 g/mol. The van der Waals surface area contributed by atoms with E-state index in [0.717, 1.165) is 27.9 Å². The van der Waals surface area contributed by atoms with Crippen LogP contribution in [-0.2, 0) is 32.7 Å². The zero-order valence-electron chi connectivity index (χ0n) is 79.3. The number of carbonyl (C=O) groups is 7. The molecule has 49 heteroatoms. The van der Waals surface area contributed by atoms with Crippen molar-refractivity contribution in [3.05, 3.63) is 346 Å². The van der Waals surface area contributed by atoms with Crippen LogP contribution in [0, 0.1) is 34.1 Å². The predicted octanol–water partition coefficient (Wildman–Crippen LogP) is 10.9. The second-order valence-corrected chi connectivity index (χ2v) is 30.8. The number of para-hydroxylation sites is 5. The Labute approximate surface area is 933 Å². The number of nitrogens with one attached hydrogen (secondary N) is 6. The van der Waals surface area contributed by atoms with Gasteiger partial charge in [0.1, 0.15) is 20.8 Å². The summed E-state index contributed by atoms with van der Waals surface area (Å²) < 4.78 is 15.6. The molecule has 0 bridgehead atoms. The first-order valence-electron chi connectivity index (χ1n) is 40.7. The van der Waals surface area contributed by atoms with Crippen molar-refractivity contribution in [1.29, 1.82) is 0 Å². The smallest absolute Gasteiger partial charge is 1.00 e. The average molecular weight is 2130 g/mol. The zero-order valence-corrected chi connectivity index (χ0v) is 89.8. The molecule has 0 saturated heterocycles. The number of halogens is 7. The predicted molar refractivity (Wildman–Crippen MR) is 538 cm³/mol. The Morgan fingerprint density at radius 1 is 0.535 bits per heavy atom. The van der Waals surface area contributed by atoms with Gasteiger partial charge in [0.2, 0.25) is 22.5 Å². The van der Waals surface area contributed by atoms with E-state index in [1.54, 1.807) is 212 Å². The van der Waals surface area contributed by atoms with Crippen LogP contribution < -0.4 is 182 Å². The van der Waals surface area contributed by atoms with Crippen molar-refractivity contribution in [2.75, 3.05) is 98.6 Å². The van der Waals surface area contributed by atoms with E-state index in [1.165, 1.54) is 53.6 Å². The Morgan fingerprint density at radius 3 is 1.43 bits per heavy atom. The van der Waals surface area contributed by atoms with Gasteiger partial charge in [-0.3, -0.25) is 53.6 Å². The van der Waals surface area contributed by atoms with Crippen LogP contribution in [0.2, 0.25) is 35.8 Å². The summed E-state index contributed by atoms with van der Waals surface area (Å²) in [6.07, 6.45) is 6.44. The first-order chi connectivity index (χ1) is 66.8. The van der Waals surface area contributed by atoms with Crippen LogP contribution >= 0.6 is 81.2 Å². The fourth-order valence-electron chi connectivity index (χ4n) is 12.1. The van der Waals surface area contributed by atoms with E-state index in [0.29, 0.717) is 124 Å². The first-order valence-corrected chi connectivity index (χ1v) is 43.3. The molecule has 9 aromatic carbocycles. The number of nitro groups is 2. The Kier molecular flexibility index (Phi) is 50.4. The van der Waals surface area contributed by atoms with Gasteiger partial charge in [0.15, 0.2) is 28.4 Å². The van der Waals surface area contributed by atoms with Crippen molar-refractivity contribution < 1.29 is 172 Å². The molecule has 0 spiro atoms. The number of benzene rings is 9. The number of carbonyl (C=O) groups excluding carboxylic acids is 7. The van der Waals surface area contributed by atoms with Gasteiger partial charge in [-0.15, -0.1) is 0 Å². The standard InChI is InChI=1S/C20H19ClN6O3.C20H21ClN6O2.C13H12Cl2N4O.C10H13NO.C9H7NO3.C9H6O3.C7H8N2O2.C4HCl3N2.CH2O3.2K.H/c1-12-8-9-13(27(29)30)10-16(12)24-20-23-11-15(21)18(25-20)26(3)17-7-5-4-6-14(17)19(28)22-2;1-23-19(28)13-6-4-5-7-16(13)27(2)18-14(21)11-24-20(26-18)25-15-10-12(22)8-9-17(15)29-3;1-16-12(20)8-5-3-4-6-10(8)19(2)11-9(14)7-17-13(15)18-11;1-3-10(12)8-6-4-5-7-9(8)11-2;1-10-7-5-3-2-4-6(7)8(11)13-9(10)12;10-8-5-6-3-1-2-4-7(6)9(11)12-8;1-5-2-3-6(9(10)11)4-7(5)8;5-2-1-8-4(7)9-3(2)6;2-1-4-3;;;/h4-11H,1-3H3,(H,22,28)(H,23,24,25);4-11H,22H2,1-3H3,(H,23,28)(H,24,25,26);3-7H,1-2H3,(H,16,20);4-7,11H,3H2,1-2H3;2-5H,1H3;1-4H,5H2;2-4H,8H2,1H3;1H;1,3H;;;/q;;;;;;;;;2*+1;-1/p-1. The van der Waals surface area contributed by atoms with E-state index in [1.807, 2.05) is 63.4 Å². The summed E-state index contributed by atoms with van der Waals surface area (Å²) in [5, 5.41) is 48.7. The molecule has 0 saturated carbocycles. The first kappa shape index (κ1) is 120. The monoisotopic (exact) mass is 2120 g/mol. The number of fused-ring (bicyclic) bond motifs is 2. The second-order valence-electron chi connectivity index (χ2n) is 28.1. The molecular formula is C93H89Cl7K2N22O18. The largest absolute Gasteiger partial charge is 1.00 e. The van der Waals surface area contributed by atoms with Crippen LogP contribution in [0.3, 0.4) is 0 Å². The van der Waals surface area contributed by atoms with Gasteiger partial charge >= 0.3 is 126 Å². The number of hydrogen-bond acceptors (Lipinski definition) is 34. The molecule has 0 fully saturated rings. The number of rotatable bonds is 20. The Bertz CT molecular complexity index is 6960. The van der Waals surface area contributed by atoms with Gasteiger partial charge in [-0.2, -0.15) is 15.0 Å². The van der Waals surface area contributed by atoms with Crippen molar-refractivity contribution >= 4 is 220 Å². The quantitative estimate of drug-likeness (QED) is 0.00300. The number of cyclic esters (lactones) is 2. The van der Waals surface area contributed by atoms with Crippen LogP contribution in [0.4, 0.5) is 86.2 Å². The number of aromatic nitrogens is 9. The maximum absolute atomic E-state index is 12.2.